The van der Waals surface area contributed by atoms with Crippen LogP contribution in [0.1, 0.15) is 44.0 Å². The second-order valence-electron chi connectivity index (χ2n) is 8.02. The third kappa shape index (κ3) is 3.97. The minimum Gasteiger partial charge on any atom is -0.481 e. The van der Waals surface area contributed by atoms with Gasteiger partial charge in [-0.15, -0.1) is 0 Å². The first-order chi connectivity index (χ1) is 14.5. The number of ether oxygens (including phenoxy) is 2. The summed E-state index contributed by atoms with van der Waals surface area (Å²) in [5, 5.41) is 3.00. The van der Waals surface area contributed by atoms with Gasteiger partial charge in [0.25, 0.3) is 0 Å². The van der Waals surface area contributed by atoms with Crippen molar-refractivity contribution in [3.8, 4) is 5.88 Å². The first kappa shape index (κ1) is 20.2. The fraction of sp³-hybridized carbons (Fsp3) is 0.435. The maximum Gasteiger partial charge on any atom is 0.408 e. The van der Waals surface area contributed by atoms with E-state index in [9.17, 15) is 9.59 Å². The molecule has 0 spiro atoms. The van der Waals surface area contributed by atoms with Gasteiger partial charge in [-0.25, -0.2) is 9.78 Å². The zero-order chi connectivity index (χ0) is 21.3. The molecular weight excluding hydrogens is 382 g/mol. The summed E-state index contributed by atoms with van der Waals surface area (Å²) in [7, 11) is 1.55. The molecule has 1 N–H and O–H groups in total. The number of methoxy groups -OCH3 is 1. The van der Waals surface area contributed by atoms with Crippen molar-refractivity contribution in [2.45, 2.75) is 45.4 Å². The monoisotopic (exact) mass is 409 g/mol. The smallest absolute Gasteiger partial charge is 0.408 e. The molecule has 2 aromatic rings. The maximum absolute atomic E-state index is 12.6. The van der Waals surface area contributed by atoms with E-state index in [4.69, 9.17) is 9.47 Å². The van der Waals surface area contributed by atoms with Crippen LogP contribution in [0.2, 0.25) is 0 Å². The van der Waals surface area contributed by atoms with Gasteiger partial charge in [0.1, 0.15) is 6.61 Å². The molecule has 1 aromatic heterocycles. The van der Waals surface area contributed by atoms with Crippen LogP contribution in [0.15, 0.2) is 42.5 Å². The average molecular weight is 409 g/mol. The molecule has 7 heteroatoms. The van der Waals surface area contributed by atoms with Crippen molar-refractivity contribution >= 4 is 17.7 Å². The molecule has 3 atom stereocenters. The molecule has 2 aliphatic rings. The van der Waals surface area contributed by atoms with Crippen molar-refractivity contribution in [2.24, 2.45) is 11.8 Å². The summed E-state index contributed by atoms with van der Waals surface area (Å²) in [5.41, 5.74) is 2.28. The molecule has 4 rings (SSSR count). The van der Waals surface area contributed by atoms with Crippen LogP contribution in [0.3, 0.4) is 0 Å². The number of rotatable bonds is 5. The Morgan fingerprint density at radius 2 is 1.90 bits per heavy atom. The van der Waals surface area contributed by atoms with Crippen LogP contribution in [-0.4, -0.2) is 30.1 Å². The van der Waals surface area contributed by atoms with Crippen LogP contribution in [0.5, 0.6) is 5.88 Å². The van der Waals surface area contributed by atoms with Crippen LogP contribution in [0, 0.1) is 11.8 Å². The largest absolute Gasteiger partial charge is 0.481 e. The number of carbonyl (C=O) groups is 2. The predicted molar refractivity (Wildman–Crippen MR) is 112 cm³/mol. The number of hydrogen-bond donors (Lipinski definition) is 1. The molecule has 0 unspecified atom stereocenters. The number of anilines is 1. The van der Waals surface area contributed by atoms with Crippen LogP contribution >= 0.6 is 0 Å². The molecule has 1 saturated carbocycles. The lowest BCUT2D eigenvalue weighted by Gasteiger charge is -2.44. The number of aromatic nitrogens is 1. The molecule has 0 bridgehead atoms. The lowest BCUT2D eigenvalue weighted by atomic mass is 9.82. The van der Waals surface area contributed by atoms with E-state index in [-0.39, 0.29) is 30.5 Å². The minimum absolute atomic E-state index is 0.0159. The number of nitrogens with one attached hydrogen (secondary N) is 1. The molecule has 0 radical (unpaired) electrons. The number of amides is 2. The van der Waals surface area contributed by atoms with E-state index in [1.165, 1.54) is 0 Å². The number of carbonyl (C=O) groups excluding carboxylic acids is 2. The van der Waals surface area contributed by atoms with Crippen molar-refractivity contribution in [3.05, 3.63) is 53.7 Å². The normalized spacial score (nSPS) is 22.8. The van der Waals surface area contributed by atoms with Gasteiger partial charge in [0.15, 0.2) is 0 Å². The maximum atomic E-state index is 12.6. The average Bonchev–Trinajstić information content (AvgIpc) is 3.59. The lowest BCUT2D eigenvalue weighted by molar-refractivity contribution is -0.117. The third-order valence-corrected chi connectivity index (χ3v) is 5.93. The van der Waals surface area contributed by atoms with Gasteiger partial charge in [-0.2, -0.15) is 0 Å². The third-order valence-electron chi connectivity index (χ3n) is 5.93. The quantitative estimate of drug-likeness (QED) is 0.812. The molecule has 7 nitrogen and oxygen atoms in total. The predicted octanol–water partition coefficient (Wildman–Crippen LogP) is 3.84. The second-order valence-corrected chi connectivity index (χ2v) is 8.02. The van der Waals surface area contributed by atoms with Crippen molar-refractivity contribution in [2.75, 3.05) is 12.0 Å². The van der Waals surface area contributed by atoms with Gasteiger partial charge >= 0.3 is 6.09 Å². The summed E-state index contributed by atoms with van der Waals surface area (Å²) < 4.78 is 10.7. The number of hydrogen-bond acceptors (Lipinski definition) is 5. The van der Waals surface area contributed by atoms with E-state index >= 15 is 0 Å². The van der Waals surface area contributed by atoms with Crippen molar-refractivity contribution in [3.63, 3.8) is 0 Å². The highest BCUT2D eigenvalue weighted by molar-refractivity contribution is 5.94. The van der Waals surface area contributed by atoms with Gasteiger partial charge < -0.3 is 19.7 Å². The van der Waals surface area contributed by atoms with E-state index < -0.39 is 6.09 Å². The van der Waals surface area contributed by atoms with Crippen molar-refractivity contribution in [1.82, 2.24) is 10.3 Å². The molecule has 2 heterocycles. The first-order valence-electron chi connectivity index (χ1n) is 10.3. The summed E-state index contributed by atoms with van der Waals surface area (Å²) in [5.74, 6) is 0.845. The van der Waals surface area contributed by atoms with Gasteiger partial charge in [-0.05, 0) is 30.4 Å². The zero-order valence-electron chi connectivity index (χ0n) is 17.5. The van der Waals surface area contributed by atoms with Crippen LogP contribution < -0.4 is 15.0 Å². The summed E-state index contributed by atoms with van der Waals surface area (Å²) in [6.07, 6.45) is 1.67. The summed E-state index contributed by atoms with van der Waals surface area (Å²) in [6, 6.07) is 12.8. The second kappa shape index (κ2) is 8.34. The number of benzene rings is 1. The highest BCUT2D eigenvalue weighted by Gasteiger charge is 2.48. The Bertz CT molecular complexity index is 929. The van der Waals surface area contributed by atoms with Gasteiger partial charge in [0.2, 0.25) is 11.8 Å². The molecule has 2 amide bonds. The summed E-state index contributed by atoms with van der Waals surface area (Å²) >= 11 is 0. The highest BCUT2D eigenvalue weighted by atomic mass is 16.5. The minimum atomic E-state index is -0.503. The Morgan fingerprint density at radius 3 is 2.53 bits per heavy atom. The Kier molecular flexibility index (Phi) is 5.61. The summed E-state index contributed by atoms with van der Waals surface area (Å²) in [4.78, 5) is 31.6. The molecule has 1 aliphatic heterocycles. The van der Waals surface area contributed by atoms with Crippen molar-refractivity contribution in [1.29, 1.82) is 0 Å². The van der Waals surface area contributed by atoms with Crippen LogP contribution in [0.4, 0.5) is 10.5 Å². The molecule has 1 aliphatic carbocycles. The van der Waals surface area contributed by atoms with E-state index in [0.29, 0.717) is 17.5 Å². The number of pyridine rings is 1. The topological polar surface area (TPSA) is 80.8 Å². The highest BCUT2D eigenvalue weighted by Crippen LogP contribution is 2.48. The fourth-order valence-corrected chi connectivity index (χ4v) is 4.39. The van der Waals surface area contributed by atoms with Crippen molar-refractivity contribution < 1.29 is 19.1 Å². The van der Waals surface area contributed by atoms with Gasteiger partial charge in [-0.3, -0.25) is 4.79 Å². The Labute approximate surface area is 176 Å². The molecule has 158 valence electrons. The van der Waals surface area contributed by atoms with E-state index in [1.807, 2.05) is 41.3 Å². The molecule has 0 saturated heterocycles. The molecular formula is C23H27N3O4. The zero-order valence-corrected chi connectivity index (χ0v) is 17.5. The SMILES string of the molecule is COc1ccc2c(n1)[C@H](NC(=O)OCc1ccccc1)[C@@H](C)[C@H](C1CC1)N2C(C)=O. The molecule has 30 heavy (non-hydrogen) atoms. The van der Waals surface area contributed by atoms with Gasteiger partial charge in [0.05, 0.1) is 24.5 Å². The van der Waals surface area contributed by atoms with E-state index in [1.54, 1.807) is 20.1 Å². The Balaban J connectivity index is 1.61. The fourth-order valence-electron chi connectivity index (χ4n) is 4.39. The van der Waals surface area contributed by atoms with E-state index in [0.717, 1.165) is 24.1 Å². The van der Waals surface area contributed by atoms with Crippen LogP contribution in [-0.2, 0) is 16.1 Å². The Morgan fingerprint density at radius 1 is 1.17 bits per heavy atom. The molecule has 1 aromatic carbocycles. The number of fused-ring (bicyclic) bond motifs is 1. The first-order valence-corrected chi connectivity index (χ1v) is 10.3. The van der Waals surface area contributed by atoms with Crippen LogP contribution in [0.25, 0.3) is 0 Å². The molecule has 1 fully saturated rings. The van der Waals surface area contributed by atoms with E-state index in [2.05, 4.69) is 17.2 Å². The lowest BCUT2D eigenvalue weighted by Crippen LogP contribution is -2.53. The standard InChI is InChI=1S/C23H27N3O4/c1-14-20(25-23(28)30-13-16-7-5-4-6-8-16)21-18(11-12-19(24-21)29-3)26(15(2)27)22(14)17-9-10-17/h4-8,11-12,14,17,20,22H,9-10,13H2,1-3H3,(H,25,28)/t14-,20-,22-/m1/s1. The number of nitrogens with zero attached hydrogens (tertiary/aromatic N) is 2. The van der Waals surface area contributed by atoms with Gasteiger partial charge in [-0.1, -0.05) is 37.3 Å². The summed E-state index contributed by atoms with van der Waals surface area (Å²) in [6.45, 7) is 3.83. The van der Waals surface area contributed by atoms with Gasteiger partial charge in [0, 0.05) is 24.9 Å². The number of alkyl carbamates (subject to hydrolysis) is 1. The Hall–Kier alpha value is -3.09.